The van der Waals surface area contributed by atoms with Crippen LogP contribution in [0, 0.1) is 0 Å². The van der Waals surface area contributed by atoms with Crippen LogP contribution < -0.4 is 10.6 Å². The summed E-state index contributed by atoms with van der Waals surface area (Å²) in [6.45, 7) is 3.30. The summed E-state index contributed by atoms with van der Waals surface area (Å²) in [4.78, 5) is 22.3. The van der Waals surface area contributed by atoms with Crippen molar-refractivity contribution in [1.29, 1.82) is 0 Å². The Morgan fingerprint density at radius 1 is 0.947 bits per heavy atom. The van der Waals surface area contributed by atoms with Crippen molar-refractivity contribution in [1.82, 2.24) is 0 Å². The molecule has 0 unspecified atom stereocenters. The molecule has 2 aromatic rings. The van der Waals surface area contributed by atoms with Gasteiger partial charge in [0.05, 0.1) is 0 Å². The van der Waals surface area contributed by atoms with Crippen LogP contribution in [0.4, 0.5) is 11.4 Å². The second-order valence-electron chi connectivity index (χ2n) is 4.36. The van der Waals surface area contributed by atoms with E-state index in [-0.39, 0.29) is 11.8 Å². The number of fused-ring (bicyclic) bond motifs is 1. The molecule has 0 saturated heterocycles. The van der Waals surface area contributed by atoms with Crippen LogP contribution in [0.5, 0.6) is 0 Å². The fraction of sp³-hybridized carbons (Fsp3) is 0.200. The van der Waals surface area contributed by atoms with Gasteiger partial charge in [-0.15, -0.1) is 0 Å². The summed E-state index contributed by atoms with van der Waals surface area (Å²) in [5.41, 5.74) is 1.55. The number of hydrogen-bond donors (Lipinski definition) is 2. The second-order valence-corrected chi connectivity index (χ2v) is 4.36. The molecule has 2 amide bonds. The van der Waals surface area contributed by atoms with Gasteiger partial charge in [0.15, 0.2) is 0 Å². The van der Waals surface area contributed by atoms with Gasteiger partial charge in [-0.05, 0) is 35.0 Å². The number of carbonyl (C=O) groups is 2. The third-order valence-corrected chi connectivity index (χ3v) is 2.77. The molecule has 19 heavy (non-hydrogen) atoms. The lowest BCUT2D eigenvalue weighted by Crippen LogP contribution is -2.09. The van der Waals surface area contributed by atoms with Crippen LogP contribution >= 0.6 is 0 Å². The van der Waals surface area contributed by atoms with E-state index in [0.29, 0.717) is 6.42 Å². The van der Waals surface area contributed by atoms with Gasteiger partial charge in [-0.1, -0.05) is 19.1 Å². The topological polar surface area (TPSA) is 58.2 Å². The highest BCUT2D eigenvalue weighted by molar-refractivity contribution is 5.96. The average Bonchev–Trinajstić information content (AvgIpc) is 2.38. The van der Waals surface area contributed by atoms with Gasteiger partial charge in [0, 0.05) is 24.7 Å². The minimum atomic E-state index is -0.0915. The zero-order chi connectivity index (χ0) is 13.8. The number of anilines is 2. The van der Waals surface area contributed by atoms with Crippen molar-refractivity contribution in [3.63, 3.8) is 0 Å². The molecular weight excluding hydrogens is 240 g/mol. The summed E-state index contributed by atoms with van der Waals surface area (Å²) in [5, 5.41) is 7.60. The van der Waals surface area contributed by atoms with Gasteiger partial charge in [-0.25, -0.2) is 0 Å². The Balaban J connectivity index is 2.29. The summed E-state index contributed by atoms with van der Waals surface area (Å²) in [7, 11) is 0. The first-order valence-electron chi connectivity index (χ1n) is 6.19. The SMILES string of the molecule is CCC(=O)Nc1ccc2cc(NC(C)=O)ccc2c1. The van der Waals surface area contributed by atoms with Crippen LogP contribution in [0.3, 0.4) is 0 Å². The van der Waals surface area contributed by atoms with E-state index in [2.05, 4.69) is 10.6 Å². The molecule has 0 bridgehead atoms. The van der Waals surface area contributed by atoms with E-state index in [1.54, 1.807) is 0 Å². The van der Waals surface area contributed by atoms with E-state index < -0.39 is 0 Å². The molecule has 0 fully saturated rings. The van der Waals surface area contributed by atoms with Gasteiger partial charge >= 0.3 is 0 Å². The van der Waals surface area contributed by atoms with Crippen molar-refractivity contribution in [2.75, 3.05) is 10.6 Å². The van der Waals surface area contributed by atoms with Gasteiger partial charge in [0.2, 0.25) is 11.8 Å². The van der Waals surface area contributed by atoms with Crippen LogP contribution in [0.2, 0.25) is 0 Å². The largest absolute Gasteiger partial charge is 0.326 e. The van der Waals surface area contributed by atoms with E-state index in [1.807, 2.05) is 43.3 Å². The van der Waals surface area contributed by atoms with Crippen LogP contribution in [0.25, 0.3) is 10.8 Å². The third-order valence-electron chi connectivity index (χ3n) is 2.77. The number of benzene rings is 2. The van der Waals surface area contributed by atoms with Crippen LogP contribution in [0.15, 0.2) is 36.4 Å². The van der Waals surface area contributed by atoms with E-state index >= 15 is 0 Å². The molecule has 0 heterocycles. The molecule has 98 valence electrons. The summed E-state index contributed by atoms with van der Waals surface area (Å²) < 4.78 is 0. The molecule has 0 aliphatic rings. The van der Waals surface area contributed by atoms with Crippen molar-refractivity contribution in [2.45, 2.75) is 20.3 Å². The second kappa shape index (κ2) is 5.52. The minimum Gasteiger partial charge on any atom is -0.326 e. The molecule has 2 rings (SSSR count). The number of hydrogen-bond acceptors (Lipinski definition) is 2. The van der Waals surface area contributed by atoms with Gasteiger partial charge in [-0.3, -0.25) is 9.59 Å². The van der Waals surface area contributed by atoms with Crippen LogP contribution in [-0.4, -0.2) is 11.8 Å². The van der Waals surface area contributed by atoms with Crippen molar-refractivity contribution >= 4 is 34.0 Å². The zero-order valence-electron chi connectivity index (χ0n) is 11.0. The van der Waals surface area contributed by atoms with Crippen molar-refractivity contribution in [2.24, 2.45) is 0 Å². The smallest absolute Gasteiger partial charge is 0.224 e. The predicted octanol–water partition coefficient (Wildman–Crippen LogP) is 3.15. The van der Waals surface area contributed by atoms with E-state index in [0.717, 1.165) is 22.1 Å². The highest BCUT2D eigenvalue weighted by atomic mass is 16.2. The fourth-order valence-electron chi connectivity index (χ4n) is 1.85. The average molecular weight is 256 g/mol. The minimum absolute atomic E-state index is 0.00536. The molecule has 4 heteroatoms. The van der Waals surface area contributed by atoms with Crippen LogP contribution in [0.1, 0.15) is 20.3 Å². The van der Waals surface area contributed by atoms with Crippen molar-refractivity contribution in [3.8, 4) is 0 Å². The lowest BCUT2D eigenvalue weighted by atomic mass is 10.1. The van der Waals surface area contributed by atoms with Crippen LogP contribution in [-0.2, 0) is 9.59 Å². The lowest BCUT2D eigenvalue weighted by Gasteiger charge is -2.07. The maximum atomic E-state index is 11.3. The van der Waals surface area contributed by atoms with E-state index in [9.17, 15) is 9.59 Å². The molecule has 0 aliphatic carbocycles. The van der Waals surface area contributed by atoms with Gasteiger partial charge in [0.25, 0.3) is 0 Å². The maximum absolute atomic E-state index is 11.3. The summed E-state index contributed by atoms with van der Waals surface area (Å²) in [6, 6.07) is 11.4. The molecule has 0 radical (unpaired) electrons. The number of amides is 2. The monoisotopic (exact) mass is 256 g/mol. The lowest BCUT2D eigenvalue weighted by molar-refractivity contribution is -0.116. The van der Waals surface area contributed by atoms with Gasteiger partial charge < -0.3 is 10.6 Å². The predicted molar refractivity (Wildman–Crippen MR) is 77.2 cm³/mol. The molecule has 2 aromatic carbocycles. The first-order valence-corrected chi connectivity index (χ1v) is 6.19. The number of nitrogens with one attached hydrogen (secondary N) is 2. The van der Waals surface area contributed by atoms with Gasteiger partial charge in [0.1, 0.15) is 0 Å². The van der Waals surface area contributed by atoms with Crippen molar-refractivity contribution < 1.29 is 9.59 Å². The molecule has 0 saturated carbocycles. The molecule has 2 N–H and O–H groups in total. The van der Waals surface area contributed by atoms with Gasteiger partial charge in [-0.2, -0.15) is 0 Å². The summed E-state index contributed by atoms with van der Waals surface area (Å²) in [6.07, 6.45) is 0.458. The normalized spacial score (nSPS) is 10.2. The molecule has 0 spiro atoms. The quantitative estimate of drug-likeness (QED) is 0.886. The molecule has 0 atom stereocenters. The highest BCUT2D eigenvalue weighted by Crippen LogP contribution is 2.22. The standard InChI is InChI=1S/C15H16N2O2/c1-3-15(19)17-14-7-5-11-8-13(16-10(2)18)6-4-12(11)9-14/h4-9H,3H2,1-2H3,(H,16,18)(H,17,19). The first kappa shape index (κ1) is 13.1. The Kier molecular flexibility index (Phi) is 3.80. The Labute approximate surface area is 111 Å². The molecular formula is C15H16N2O2. The Morgan fingerprint density at radius 3 is 1.95 bits per heavy atom. The van der Waals surface area contributed by atoms with E-state index in [4.69, 9.17) is 0 Å². The Morgan fingerprint density at radius 2 is 1.47 bits per heavy atom. The summed E-state index contributed by atoms with van der Waals surface area (Å²) >= 11 is 0. The fourth-order valence-corrected chi connectivity index (χ4v) is 1.85. The Hall–Kier alpha value is -2.36. The zero-order valence-corrected chi connectivity index (χ0v) is 11.0. The molecule has 0 aliphatic heterocycles. The van der Waals surface area contributed by atoms with Crippen molar-refractivity contribution in [3.05, 3.63) is 36.4 Å². The number of rotatable bonds is 3. The maximum Gasteiger partial charge on any atom is 0.224 e. The number of carbonyl (C=O) groups excluding carboxylic acids is 2. The molecule has 0 aromatic heterocycles. The summed E-state index contributed by atoms with van der Waals surface area (Å²) in [5.74, 6) is -0.0969. The third kappa shape index (κ3) is 3.31. The highest BCUT2D eigenvalue weighted by Gasteiger charge is 2.02. The Bertz CT molecular complexity index is 635. The first-order chi connectivity index (χ1) is 9.08. The van der Waals surface area contributed by atoms with E-state index in [1.165, 1.54) is 6.92 Å². The molecule has 4 nitrogen and oxygen atoms in total.